The molecule has 0 aliphatic heterocycles. The quantitative estimate of drug-likeness (QED) is 0.308. The first kappa shape index (κ1) is 13.1. The fourth-order valence-electron chi connectivity index (χ4n) is 3.34. The molecule has 2 aromatic heterocycles. The van der Waals surface area contributed by atoms with Crippen molar-refractivity contribution >= 4 is 53.2 Å². The largest absolute Gasteiger partial charge is 0.416 e. The minimum atomic E-state index is -4.35. The lowest BCUT2D eigenvalue weighted by Gasteiger charge is -2.11. The maximum absolute atomic E-state index is 13.1. The molecule has 1 nitrogen and oxygen atoms in total. The van der Waals surface area contributed by atoms with Crippen LogP contribution in [0.5, 0.6) is 0 Å². The first-order valence-electron chi connectivity index (χ1n) is 7.06. The Morgan fingerprint density at radius 3 is 2.48 bits per heavy atom. The SMILES string of the molecule is FC(F)(F)c1ccc2c(c1)c1cccc3sc4ccnc2c4c31. The average molecular weight is 327 g/mol. The van der Waals surface area contributed by atoms with Gasteiger partial charge < -0.3 is 0 Å². The lowest BCUT2D eigenvalue weighted by molar-refractivity contribution is -0.137. The molecule has 23 heavy (non-hydrogen) atoms. The van der Waals surface area contributed by atoms with Gasteiger partial charge in [0.15, 0.2) is 0 Å². The smallest absolute Gasteiger partial charge is 0.255 e. The number of alkyl halides is 3. The molecule has 0 aliphatic rings. The van der Waals surface area contributed by atoms with Crippen LogP contribution in [0.3, 0.4) is 0 Å². The van der Waals surface area contributed by atoms with Gasteiger partial charge in [0, 0.05) is 31.8 Å². The summed E-state index contributed by atoms with van der Waals surface area (Å²) < 4.78 is 41.5. The van der Waals surface area contributed by atoms with Crippen molar-refractivity contribution < 1.29 is 13.2 Å². The van der Waals surface area contributed by atoms with Crippen molar-refractivity contribution in [1.82, 2.24) is 4.98 Å². The van der Waals surface area contributed by atoms with E-state index in [9.17, 15) is 13.2 Å². The number of thiophene rings is 1. The Bertz CT molecular complexity index is 1200. The van der Waals surface area contributed by atoms with Crippen molar-refractivity contribution in [1.29, 1.82) is 0 Å². The van der Waals surface area contributed by atoms with Gasteiger partial charge in [0.1, 0.15) is 0 Å². The minimum absolute atomic E-state index is 0.608. The van der Waals surface area contributed by atoms with Crippen molar-refractivity contribution in [2.45, 2.75) is 6.18 Å². The zero-order valence-electron chi connectivity index (χ0n) is 11.6. The molecule has 0 aliphatic carbocycles. The van der Waals surface area contributed by atoms with Gasteiger partial charge in [-0.2, -0.15) is 13.2 Å². The van der Waals surface area contributed by atoms with E-state index in [4.69, 9.17) is 0 Å². The number of benzene rings is 3. The van der Waals surface area contributed by atoms with Gasteiger partial charge in [-0.05, 0) is 35.0 Å². The first-order chi connectivity index (χ1) is 11.0. The molecule has 2 heterocycles. The monoisotopic (exact) mass is 327 g/mol. The van der Waals surface area contributed by atoms with E-state index in [1.54, 1.807) is 23.6 Å². The summed E-state index contributed by atoms with van der Waals surface area (Å²) in [5.41, 5.74) is 0.148. The highest BCUT2D eigenvalue weighted by Crippen LogP contribution is 2.44. The predicted molar refractivity (Wildman–Crippen MR) is 88.3 cm³/mol. The number of pyridine rings is 1. The number of hydrogen-bond acceptors (Lipinski definition) is 2. The van der Waals surface area contributed by atoms with Crippen LogP contribution in [0.15, 0.2) is 48.7 Å². The molecule has 5 rings (SSSR count). The third-order valence-corrected chi connectivity index (χ3v) is 5.42. The summed E-state index contributed by atoms with van der Waals surface area (Å²) in [4.78, 5) is 4.45. The van der Waals surface area contributed by atoms with E-state index in [0.717, 1.165) is 42.5 Å². The lowest BCUT2D eigenvalue weighted by atomic mass is 9.96. The second kappa shape index (κ2) is 4.11. The molecular formula is C18H8F3NS. The normalized spacial score (nSPS) is 13.0. The highest BCUT2D eigenvalue weighted by atomic mass is 32.1. The molecular weight excluding hydrogens is 319 g/mol. The van der Waals surface area contributed by atoms with Crippen LogP contribution in [0.25, 0.3) is 41.8 Å². The van der Waals surface area contributed by atoms with Crippen molar-refractivity contribution in [3.8, 4) is 0 Å². The summed E-state index contributed by atoms with van der Waals surface area (Å²) in [6.07, 6.45) is -2.63. The molecule has 0 unspecified atom stereocenters. The second-order valence-corrected chi connectivity index (χ2v) is 6.66. The molecule has 0 radical (unpaired) electrons. The molecule has 0 N–H and O–H groups in total. The fourth-order valence-corrected chi connectivity index (χ4v) is 4.47. The van der Waals surface area contributed by atoms with Crippen LogP contribution in [0.1, 0.15) is 5.56 Å². The van der Waals surface area contributed by atoms with Gasteiger partial charge in [-0.3, -0.25) is 4.98 Å². The molecule has 0 atom stereocenters. The molecule has 0 bridgehead atoms. The molecule has 0 fully saturated rings. The summed E-state index contributed by atoms with van der Waals surface area (Å²) in [6.45, 7) is 0. The lowest BCUT2D eigenvalue weighted by Crippen LogP contribution is -2.04. The number of nitrogens with zero attached hydrogens (tertiary/aromatic N) is 1. The van der Waals surface area contributed by atoms with Crippen molar-refractivity contribution in [2.75, 3.05) is 0 Å². The van der Waals surface area contributed by atoms with Crippen LogP contribution in [0, 0.1) is 0 Å². The number of aromatic nitrogens is 1. The number of halogens is 3. The fraction of sp³-hybridized carbons (Fsp3) is 0.0556. The summed E-state index contributed by atoms with van der Waals surface area (Å²) in [5.74, 6) is 0. The van der Waals surface area contributed by atoms with Crippen LogP contribution in [-0.2, 0) is 6.18 Å². The molecule has 5 heteroatoms. The van der Waals surface area contributed by atoms with Gasteiger partial charge >= 0.3 is 6.18 Å². The summed E-state index contributed by atoms with van der Waals surface area (Å²) >= 11 is 1.65. The molecule has 0 saturated heterocycles. The average Bonchev–Trinajstić information content (AvgIpc) is 2.92. The first-order valence-corrected chi connectivity index (χ1v) is 7.88. The van der Waals surface area contributed by atoms with Gasteiger partial charge in [-0.1, -0.05) is 18.2 Å². The highest BCUT2D eigenvalue weighted by Gasteiger charge is 2.31. The van der Waals surface area contributed by atoms with E-state index in [-0.39, 0.29) is 0 Å². The van der Waals surface area contributed by atoms with Gasteiger partial charge in [-0.25, -0.2) is 0 Å². The standard InChI is InChI=1S/C18H8F3NS/c19-18(20,21)9-4-5-11-12(8-9)10-2-1-3-13-15(10)16-14(23-13)6-7-22-17(11)16/h1-8H. The number of rotatable bonds is 0. The summed E-state index contributed by atoms with van der Waals surface area (Å²) in [6, 6.07) is 11.7. The molecule has 0 amide bonds. The Balaban J connectivity index is 2.11. The Labute approximate surface area is 132 Å². The van der Waals surface area contributed by atoms with Crippen molar-refractivity contribution in [3.05, 3.63) is 54.2 Å². The number of fused-ring (bicyclic) bond motifs is 3. The van der Waals surface area contributed by atoms with E-state index in [1.165, 1.54) is 6.07 Å². The molecule has 0 spiro atoms. The van der Waals surface area contributed by atoms with E-state index in [0.29, 0.717) is 5.39 Å². The third kappa shape index (κ3) is 1.65. The number of hydrogen-bond donors (Lipinski definition) is 0. The zero-order valence-corrected chi connectivity index (χ0v) is 12.4. The van der Waals surface area contributed by atoms with Gasteiger partial charge in [0.25, 0.3) is 0 Å². The Hall–Kier alpha value is -2.40. The topological polar surface area (TPSA) is 12.9 Å². The van der Waals surface area contributed by atoms with E-state index in [2.05, 4.69) is 4.98 Å². The van der Waals surface area contributed by atoms with E-state index in [1.807, 2.05) is 24.3 Å². The molecule has 0 saturated carbocycles. The predicted octanol–water partition coefficient (Wildman–Crippen LogP) is 6.21. The van der Waals surface area contributed by atoms with Crippen molar-refractivity contribution in [2.24, 2.45) is 0 Å². The van der Waals surface area contributed by atoms with Gasteiger partial charge in [0.2, 0.25) is 0 Å². The zero-order chi connectivity index (χ0) is 15.8. The Morgan fingerprint density at radius 2 is 1.65 bits per heavy atom. The second-order valence-electron chi connectivity index (χ2n) is 5.57. The van der Waals surface area contributed by atoms with E-state index < -0.39 is 11.7 Å². The molecule has 3 aromatic carbocycles. The van der Waals surface area contributed by atoms with Crippen LogP contribution in [0.4, 0.5) is 13.2 Å². The maximum atomic E-state index is 13.1. The van der Waals surface area contributed by atoms with Gasteiger partial charge in [-0.15, -0.1) is 11.3 Å². The summed E-state index contributed by atoms with van der Waals surface area (Å²) in [7, 11) is 0. The molecule has 5 aromatic rings. The minimum Gasteiger partial charge on any atom is -0.255 e. The van der Waals surface area contributed by atoms with Crippen LogP contribution >= 0.6 is 11.3 Å². The Kier molecular flexibility index (Phi) is 2.34. The van der Waals surface area contributed by atoms with Gasteiger partial charge in [0.05, 0.1) is 11.1 Å². The highest BCUT2D eigenvalue weighted by molar-refractivity contribution is 7.26. The van der Waals surface area contributed by atoms with Crippen LogP contribution in [0.2, 0.25) is 0 Å². The summed E-state index contributed by atoms with van der Waals surface area (Å²) in [5, 5.41) is 4.30. The molecule has 112 valence electrons. The van der Waals surface area contributed by atoms with Crippen molar-refractivity contribution in [3.63, 3.8) is 0 Å². The Morgan fingerprint density at radius 1 is 0.826 bits per heavy atom. The maximum Gasteiger partial charge on any atom is 0.416 e. The van der Waals surface area contributed by atoms with E-state index >= 15 is 0 Å². The van der Waals surface area contributed by atoms with Crippen LogP contribution in [-0.4, -0.2) is 4.98 Å². The third-order valence-electron chi connectivity index (χ3n) is 4.30. The van der Waals surface area contributed by atoms with Crippen LogP contribution < -0.4 is 0 Å².